The molecular weight excluding hydrogens is 332 g/mol. The van der Waals surface area contributed by atoms with Crippen molar-refractivity contribution in [2.24, 2.45) is 5.73 Å². The maximum Gasteiger partial charge on any atom is 0.231 e. The second-order valence-corrected chi connectivity index (χ2v) is 6.38. The van der Waals surface area contributed by atoms with Gasteiger partial charge in [0.1, 0.15) is 0 Å². The molecule has 1 aromatic heterocycles. The van der Waals surface area contributed by atoms with E-state index in [1.165, 1.54) is 12.8 Å². The summed E-state index contributed by atoms with van der Waals surface area (Å²) in [5, 5.41) is 4.02. The molecule has 0 aliphatic carbocycles. The van der Waals surface area contributed by atoms with E-state index in [4.69, 9.17) is 10.3 Å². The Morgan fingerprint density at radius 2 is 1.95 bits per heavy atom. The predicted molar refractivity (Wildman–Crippen MR) is 83.8 cm³/mol. The van der Waals surface area contributed by atoms with Gasteiger partial charge in [0.25, 0.3) is 0 Å². The van der Waals surface area contributed by atoms with Crippen molar-refractivity contribution in [2.45, 2.75) is 25.3 Å². The summed E-state index contributed by atoms with van der Waals surface area (Å²) in [5.41, 5.74) is 7.31. The first-order valence-corrected chi connectivity index (χ1v) is 8.05. The molecule has 1 aliphatic heterocycles. The average molecular weight is 351 g/mol. The SMILES string of the molecule is NC(CN1CCCC1)c1noc(Cc2ccc(Br)cc2)n1. The Morgan fingerprint density at radius 3 is 2.67 bits per heavy atom. The Kier molecular flexibility index (Phi) is 4.67. The van der Waals surface area contributed by atoms with Crippen LogP contribution in [0.1, 0.15) is 36.2 Å². The van der Waals surface area contributed by atoms with Crippen LogP contribution in [0.4, 0.5) is 0 Å². The molecule has 21 heavy (non-hydrogen) atoms. The quantitative estimate of drug-likeness (QED) is 0.897. The van der Waals surface area contributed by atoms with Gasteiger partial charge in [0.15, 0.2) is 5.82 Å². The van der Waals surface area contributed by atoms with Gasteiger partial charge in [0.05, 0.1) is 12.5 Å². The van der Waals surface area contributed by atoms with Crippen LogP contribution in [-0.2, 0) is 6.42 Å². The highest BCUT2D eigenvalue weighted by Crippen LogP contribution is 2.16. The minimum atomic E-state index is -0.175. The molecule has 1 unspecified atom stereocenters. The van der Waals surface area contributed by atoms with Gasteiger partial charge in [-0.15, -0.1) is 0 Å². The van der Waals surface area contributed by atoms with Crippen molar-refractivity contribution in [3.05, 3.63) is 46.0 Å². The third-order valence-corrected chi connectivity index (χ3v) is 4.27. The topological polar surface area (TPSA) is 68.2 Å². The number of hydrogen-bond donors (Lipinski definition) is 1. The number of benzene rings is 1. The molecule has 2 aromatic rings. The minimum Gasteiger partial charge on any atom is -0.339 e. The van der Waals surface area contributed by atoms with E-state index in [-0.39, 0.29) is 6.04 Å². The molecular formula is C15H19BrN4O. The van der Waals surface area contributed by atoms with Gasteiger partial charge in [0, 0.05) is 11.0 Å². The first kappa shape index (κ1) is 14.7. The molecule has 0 amide bonds. The minimum absolute atomic E-state index is 0.175. The molecule has 5 nitrogen and oxygen atoms in total. The van der Waals surface area contributed by atoms with Crippen molar-refractivity contribution < 1.29 is 4.52 Å². The summed E-state index contributed by atoms with van der Waals surface area (Å²) in [6.45, 7) is 3.05. The lowest BCUT2D eigenvalue weighted by molar-refractivity contribution is 0.305. The molecule has 1 fully saturated rings. The zero-order valence-corrected chi connectivity index (χ0v) is 13.4. The van der Waals surface area contributed by atoms with Crippen molar-refractivity contribution >= 4 is 15.9 Å². The highest BCUT2D eigenvalue weighted by molar-refractivity contribution is 9.10. The van der Waals surface area contributed by atoms with Crippen LogP contribution in [0.2, 0.25) is 0 Å². The van der Waals surface area contributed by atoms with Crippen LogP contribution in [0.5, 0.6) is 0 Å². The fraction of sp³-hybridized carbons (Fsp3) is 0.467. The second kappa shape index (κ2) is 6.68. The van der Waals surface area contributed by atoms with Crippen molar-refractivity contribution in [3.63, 3.8) is 0 Å². The van der Waals surface area contributed by atoms with Crippen LogP contribution >= 0.6 is 15.9 Å². The van der Waals surface area contributed by atoms with E-state index in [1.807, 2.05) is 24.3 Å². The first-order valence-electron chi connectivity index (χ1n) is 7.25. The van der Waals surface area contributed by atoms with Crippen molar-refractivity contribution in [1.82, 2.24) is 15.0 Å². The standard InChI is InChI=1S/C15H19BrN4O/c16-12-5-3-11(4-6-12)9-14-18-15(19-21-14)13(17)10-20-7-1-2-8-20/h3-6,13H,1-2,7-10,17H2. The van der Waals surface area contributed by atoms with Crippen LogP contribution in [-0.4, -0.2) is 34.7 Å². The second-order valence-electron chi connectivity index (χ2n) is 5.46. The van der Waals surface area contributed by atoms with Crippen molar-refractivity contribution in [2.75, 3.05) is 19.6 Å². The third kappa shape index (κ3) is 3.90. The van der Waals surface area contributed by atoms with Crippen LogP contribution < -0.4 is 5.73 Å². The van der Waals surface area contributed by atoms with E-state index in [0.717, 1.165) is 29.7 Å². The van der Waals surface area contributed by atoms with Gasteiger partial charge in [-0.05, 0) is 43.6 Å². The lowest BCUT2D eigenvalue weighted by Gasteiger charge is -2.17. The Balaban J connectivity index is 1.61. The first-order chi connectivity index (χ1) is 10.2. The molecule has 1 aromatic carbocycles. The fourth-order valence-electron chi connectivity index (χ4n) is 2.59. The van der Waals surface area contributed by atoms with E-state index >= 15 is 0 Å². The maximum atomic E-state index is 6.17. The monoisotopic (exact) mass is 350 g/mol. The average Bonchev–Trinajstić information content (AvgIpc) is 3.13. The molecule has 0 saturated carbocycles. The maximum absolute atomic E-state index is 6.17. The van der Waals surface area contributed by atoms with Crippen molar-refractivity contribution in [3.8, 4) is 0 Å². The number of halogens is 1. The van der Waals surface area contributed by atoms with Gasteiger partial charge in [-0.3, -0.25) is 0 Å². The van der Waals surface area contributed by atoms with Crippen molar-refractivity contribution in [1.29, 1.82) is 0 Å². The molecule has 6 heteroatoms. The fourth-order valence-corrected chi connectivity index (χ4v) is 2.86. The predicted octanol–water partition coefficient (Wildman–Crippen LogP) is 2.52. The molecule has 1 aliphatic rings. The molecule has 0 spiro atoms. The molecule has 112 valence electrons. The highest BCUT2D eigenvalue weighted by Gasteiger charge is 2.20. The van der Waals surface area contributed by atoms with E-state index in [0.29, 0.717) is 18.1 Å². The number of rotatable bonds is 5. The highest BCUT2D eigenvalue weighted by atomic mass is 79.9. The van der Waals surface area contributed by atoms with Crippen LogP contribution in [0.25, 0.3) is 0 Å². The molecule has 1 saturated heterocycles. The Bertz CT molecular complexity index is 578. The number of likely N-dealkylation sites (tertiary alicyclic amines) is 1. The van der Waals surface area contributed by atoms with Gasteiger partial charge in [-0.1, -0.05) is 33.2 Å². The summed E-state index contributed by atoms with van der Waals surface area (Å²) >= 11 is 3.42. The molecule has 2 heterocycles. The third-order valence-electron chi connectivity index (χ3n) is 3.74. The van der Waals surface area contributed by atoms with E-state index < -0.39 is 0 Å². The zero-order chi connectivity index (χ0) is 14.7. The number of hydrogen-bond acceptors (Lipinski definition) is 5. The van der Waals surface area contributed by atoms with Gasteiger partial charge in [-0.25, -0.2) is 0 Å². The molecule has 3 rings (SSSR count). The number of nitrogens with two attached hydrogens (primary N) is 1. The van der Waals surface area contributed by atoms with Crippen LogP contribution in [0.15, 0.2) is 33.3 Å². The normalized spacial score (nSPS) is 17.2. The van der Waals surface area contributed by atoms with Crippen LogP contribution in [0.3, 0.4) is 0 Å². The summed E-state index contributed by atoms with van der Waals surface area (Å²) in [4.78, 5) is 6.79. The largest absolute Gasteiger partial charge is 0.339 e. The lowest BCUT2D eigenvalue weighted by Crippen LogP contribution is -2.30. The summed E-state index contributed by atoms with van der Waals surface area (Å²) < 4.78 is 6.37. The summed E-state index contributed by atoms with van der Waals surface area (Å²) in [6, 6.07) is 7.92. The molecule has 1 atom stereocenters. The van der Waals surface area contributed by atoms with Gasteiger partial charge >= 0.3 is 0 Å². The number of aromatic nitrogens is 2. The molecule has 0 radical (unpaired) electrons. The molecule has 2 N–H and O–H groups in total. The van der Waals surface area contributed by atoms with Gasteiger partial charge < -0.3 is 15.2 Å². The van der Waals surface area contributed by atoms with E-state index in [2.05, 4.69) is 31.0 Å². The van der Waals surface area contributed by atoms with E-state index in [1.54, 1.807) is 0 Å². The Morgan fingerprint density at radius 1 is 1.24 bits per heavy atom. The summed E-state index contributed by atoms with van der Waals surface area (Å²) in [7, 11) is 0. The van der Waals surface area contributed by atoms with Gasteiger partial charge in [0.2, 0.25) is 5.89 Å². The summed E-state index contributed by atoms with van der Waals surface area (Å²) in [5.74, 6) is 1.22. The van der Waals surface area contributed by atoms with E-state index in [9.17, 15) is 0 Å². The van der Waals surface area contributed by atoms with Crippen LogP contribution in [0, 0.1) is 0 Å². The zero-order valence-electron chi connectivity index (χ0n) is 11.8. The Hall–Kier alpha value is -1.24. The smallest absolute Gasteiger partial charge is 0.231 e. The Labute approximate surface area is 132 Å². The van der Waals surface area contributed by atoms with Gasteiger partial charge in [-0.2, -0.15) is 4.98 Å². The lowest BCUT2D eigenvalue weighted by atomic mass is 10.1. The summed E-state index contributed by atoms with van der Waals surface area (Å²) in [6.07, 6.45) is 3.15. The number of nitrogens with zero attached hydrogens (tertiary/aromatic N) is 3. The molecule has 0 bridgehead atoms.